The fourth-order valence-electron chi connectivity index (χ4n) is 4.50. The Kier molecular flexibility index (Phi) is 4.00. The Balaban J connectivity index is 1.67. The smallest absolute Gasteiger partial charge is 0.357 e. The molecule has 1 aliphatic heterocycles. The molecule has 0 radical (unpaired) electrons. The second kappa shape index (κ2) is 6.19. The number of carboxylic acids is 1. The van der Waals surface area contributed by atoms with E-state index in [9.17, 15) is 9.90 Å². The molecule has 1 aromatic carbocycles. The van der Waals surface area contributed by atoms with Crippen molar-refractivity contribution < 1.29 is 19.4 Å². The van der Waals surface area contributed by atoms with Crippen LogP contribution < -0.4 is 4.90 Å². The number of aromatic nitrogens is 1. The van der Waals surface area contributed by atoms with Crippen LogP contribution in [0.1, 0.15) is 48.2 Å². The lowest BCUT2D eigenvalue weighted by Gasteiger charge is -2.52. The Hall–Kier alpha value is -2.34. The Morgan fingerprint density at radius 3 is 2.72 bits per heavy atom. The van der Waals surface area contributed by atoms with Crippen LogP contribution in [0.25, 0.3) is 0 Å². The number of carbonyl (C=O) groups is 1. The fraction of sp³-hybridized carbons (Fsp3) is 0.474. The summed E-state index contributed by atoms with van der Waals surface area (Å²) < 4.78 is 5.44. The van der Waals surface area contributed by atoms with Gasteiger partial charge in [-0.2, -0.15) is 4.98 Å². The molecule has 1 aliphatic carbocycles. The van der Waals surface area contributed by atoms with Crippen molar-refractivity contribution in [2.45, 2.75) is 43.7 Å². The van der Waals surface area contributed by atoms with Gasteiger partial charge in [0.05, 0.1) is 5.60 Å². The minimum absolute atomic E-state index is 0.0775. The molecule has 0 amide bonds. The first-order chi connectivity index (χ1) is 12.1. The third-order valence-corrected chi connectivity index (χ3v) is 5.71. The van der Waals surface area contributed by atoms with Crippen LogP contribution in [-0.2, 0) is 5.60 Å². The van der Waals surface area contributed by atoms with E-state index in [1.54, 1.807) is 0 Å². The van der Waals surface area contributed by atoms with E-state index in [1.165, 1.54) is 6.26 Å². The zero-order chi connectivity index (χ0) is 17.4. The Morgan fingerprint density at radius 2 is 2.00 bits per heavy atom. The van der Waals surface area contributed by atoms with Crippen LogP contribution in [0, 0.1) is 5.92 Å². The van der Waals surface area contributed by atoms with Gasteiger partial charge in [0.25, 0.3) is 6.01 Å². The van der Waals surface area contributed by atoms with Gasteiger partial charge in [-0.25, -0.2) is 4.79 Å². The van der Waals surface area contributed by atoms with Crippen molar-refractivity contribution >= 4 is 12.0 Å². The summed E-state index contributed by atoms with van der Waals surface area (Å²) >= 11 is 0. The number of hydrogen-bond acceptors (Lipinski definition) is 5. The van der Waals surface area contributed by atoms with Crippen LogP contribution in [-0.4, -0.2) is 33.8 Å². The zero-order valence-electron chi connectivity index (χ0n) is 14.0. The van der Waals surface area contributed by atoms with Gasteiger partial charge in [-0.15, -0.1) is 0 Å². The lowest BCUT2D eigenvalue weighted by molar-refractivity contribution is -0.0698. The van der Waals surface area contributed by atoms with E-state index in [0.29, 0.717) is 19.0 Å². The topological polar surface area (TPSA) is 86.8 Å². The number of aliphatic hydroxyl groups is 1. The van der Waals surface area contributed by atoms with Crippen LogP contribution in [0.3, 0.4) is 0 Å². The summed E-state index contributed by atoms with van der Waals surface area (Å²) in [7, 11) is 0. The summed E-state index contributed by atoms with van der Waals surface area (Å²) in [4.78, 5) is 17.3. The molecule has 2 aliphatic rings. The highest BCUT2D eigenvalue weighted by molar-refractivity contribution is 5.85. The quantitative estimate of drug-likeness (QED) is 0.891. The van der Waals surface area contributed by atoms with E-state index < -0.39 is 11.6 Å². The largest absolute Gasteiger partial charge is 0.476 e. The Bertz CT molecular complexity index is 760. The predicted molar refractivity (Wildman–Crippen MR) is 91.5 cm³/mol. The van der Waals surface area contributed by atoms with E-state index in [1.807, 2.05) is 35.2 Å². The molecule has 0 unspecified atom stereocenters. The summed E-state index contributed by atoms with van der Waals surface area (Å²) in [6.07, 6.45) is 5.84. The van der Waals surface area contributed by atoms with Crippen LogP contribution >= 0.6 is 0 Å². The van der Waals surface area contributed by atoms with Crippen molar-refractivity contribution in [3.8, 4) is 0 Å². The van der Waals surface area contributed by atoms with E-state index in [4.69, 9.17) is 9.52 Å². The van der Waals surface area contributed by atoms with Crippen molar-refractivity contribution in [3.05, 3.63) is 47.9 Å². The molecular weight excluding hydrogens is 320 g/mol. The number of fused-ring (bicyclic) bond motifs is 1. The standard InChI is InChI=1S/C19H22N2O4/c22-17(23)15-12-25-18(20-15)21-11-10-19(24,13-6-2-1-3-7-13)14-8-4-5-9-16(14)21/h1-3,6-7,12,14,16,24H,4-5,8-11H2,(H,22,23)/t14-,16+,19+/m0/s1. The van der Waals surface area contributed by atoms with Crippen molar-refractivity contribution in [1.29, 1.82) is 0 Å². The van der Waals surface area contributed by atoms with E-state index in [-0.39, 0.29) is 17.7 Å². The van der Waals surface area contributed by atoms with Gasteiger partial charge in [0.1, 0.15) is 6.26 Å². The van der Waals surface area contributed by atoms with Gasteiger partial charge in [0, 0.05) is 18.5 Å². The molecule has 6 heteroatoms. The first-order valence-corrected chi connectivity index (χ1v) is 8.83. The van der Waals surface area contributed by atoms with Gasteiger partial charge in [-0.3, -0.25) is 0 Å². The van der Waals surface area contributed by atoms with E-state index in [0.717, 1.165) is 31.2 Å². The highest BCUT2D eigenvalue weighted by Gasteiger charge is 2.50. The van der Waals surface area contributed by atoms with Crippen LogP contribution in [0.4, 0.5) is 6.01 Å². The molecule has 0 bridgehead atoms. The fourth-order valence-corrected chi connectivity index (χ4v) is 4.50. The summed E-state index contributed by atoms with van der Waals surface area (Å²) in [6.45, 7) is 0.589. The molecule has 1 aromatic heterocycles. The first kappa shape index (κ1) is 16.1. The minimum atomic E-state index is -1.09. The summed E-state index contributed by atoms with van der Waals surface area (Å²) in [6, 6.07) is 10.3. The summed E-state index contributed by atoms with van der Waals surface area (Å²) in [5.41, 5.74) is 0.0295. The number of piperidine rings is 1. The van der Waals surface area contributed by atoms with Crippen molar-refractivity contribution in [1.82, 2.24) is 4.98 Å². The van der Waals surface area contributed by atoms with Crippen molar-refractivity contribution in [2.24, 2.45) is 5.92 Å². The third-order valence-electron chi connectivity index (χ3n) is 5.71. The lowest BCUT2D eigenvalue weighted by atomic mass is 9.66. The second-order valence-electron chi connectivity index (χ2n) is 7.01. The number of nitrogens with zero attached hydrogens (tertiary/aromatic N) is 2. The molecular formula is C19H22N2O4. The summed E-state index contributed by atoms with van der Waals surface area (Å²) in [5.74, 6) is -1.01. The number of benzene rings is 1. The number of oxazole rings is 1. The van der Waals surface area contributed by atoms with Gasteiger partial charge in [-0.1, -0.05) is 43.2 Å². The highest BCUT2D eigenvalue weighted by atomic mass is 16.4. The number of rotatable bonds is 3. The Morgan fingerprint density at radius 1 is 1.24 bits per heavy atom. The molecule has 132 valence electrons. The minimum Gasteiger partial charge on any atom is -0.476 e. The predicted octanol–water partition coefficient (Wildman–Crippen LogP) is 3.03. The molecule has 1 saturated heterocycles. The van der Waals surface area contributed by atoms with Gasteiger partial charge < -0.3 is 19.5 Å². The lowest BCUT2D eigenvalue weighted by Crippen LogP contribution is -2.57. The molecule has 2 aromatic rings. The van der Waals surface area contributed by atoms with Crippen LogP contribution in [0.15, 0.2) is 41.0 Å². The van der Waals surface area contributed by atoms with Crippen molar-refractivity contribution in [2.75, 3.05) is 11.4 Å². The monoisotopic (exact) mass is 342 g/mol. The molecule has 4 rings (SSSR count). The second-order valence-corrected chi connectivity index (χ2v) is 7.01. The maximum Gasteiger partial charge on any atom is 0.357 e. The van der Waals surface area contributed by atoms with Gasteiger partial charge in [0.2, 0.25) is 0 Å². The Labute approximate surface area is 146 Å². The molecule has 1 saturated carbocycles. The average molecular weight is 342 g/mol. The molecule has 6 nitrogen and oxygen atoms in total. The molecule has 3 atom stereocenters. The van der Waals surface area contributed by atoms with E-state index in [2.05, 4.69) is 4.98 Å². The number of hydrogen-bond donors (Lipinski definition) is 2. The molecule has 2 N–H and O–H groups in total. The third kappa shape index (κ3) is 2.70. The maximum atomic E-state index is 11.5. The molecule has 2 fully saturated rings. The van der Waals surface area contributed by atoms with E-state index >= 15 is 0 Å². The van der Waals surface area contributed by atoms with Gasteiger partial charge in [0.15, 0.2) is 5.69 Å². The number of aromatic carboxylic acids is 1. The number of anilines is 1. The van der Waals surface area contributed by atoms with Gasteiger partial charge in [-0.05, 0) is 24.8 Å². The van der Waals surface area contributed by atoms with Crippen LogP contribution in [0.2, 0.25) is 0 Å². The van der Waals surface area contributed by atoms with Crippen molar-refractivity contribution in [3.63, 3.8) is 0 Å². The number of carboxylic acid groups (broad SMARTS) is 1. The molecule has 0 spiro atoms. The normalized spacial score (nSPS) is 29.2. The average Bonchev–Trinajstić information content (AvgIpc) is 3.13. The van der Waals surface area contributed by atoms with Gasteiger partial charge >= 0.3 is 5.97 Å². The summed E-state index contributed by atoms with van der Waals surface area (Å²) in [5, 5.41) is 20.6. The zero-order valence-corrected chi connectivity index (χ0v) is 14.0. The highest BCUT2D eigenvalue weighted by Crippen LogP contribution is 2.47. The molecule has 2 heterocycles. The van der Waals surface area contributed by atoms with Crippen LogP contribution in [0.5, 0.6) is 0 Å². The maximum absolute atomic E-state index is 11.5. The molecule has 25 heavy (non-hydrogen) atoms. The SMILES string of the molecule is O=C(O)c1coc(N2CC[C@@](O)(c3ccccc3)[C@H]3CCCC[C@H]32)n1. The first-order valence-electron chi connectivity index (χ1n) is 8.83.